The van der Waals surface area contributed by atoms with Crippen LogP contribution in [-0.4, -0.2) is 31.8 Å². The Morgan fingerprint density at radius 3 is 2.62 bits per heavy atom. The maximum Gasteiger partial charge on any atom is 0.321 e. The fourth-order valence-electron chi connectivity index (χ4n) is 2.34. The first-order valence-corrected chi connectivity index (χ1v) is 7.68. The average molecular weight is 290 g/mol. The Bertz CT molecular complexity index is 448. The quantitative estimate of drug-likeness (QED) is 0.923. The zero-order chi connectivity index (χ0) is 15.3. The van der Waals surface area contributed by atoms with Crippen molar-refractivity contribution in [2.24, 2.45) is 5.41 Å². The molecule has 1 unspecified atom stereocenters. The molecule has 0 aromatic heterocycles. The number of amides is 2. The molecule has 0 saturated carbocycles. The zero-order valence-corrected chi connectivity index (χ0v) is 13.3. The molecule has 1 aliphatic heterocycles. The summed E-state index contributed by atoms with van der Waals surface area (Å²) >= 11 is 0. The second-order valence-electron chi connectivity index (χ2n) is 6.80. The van der Waals surface area contributed by atoms with E-state index in [1.54, 1.807) is 4.90 Å². The molecule has 1 N–H and O–H groups in total. The van der Waals surface area contributed by atoms with E-state index in [0.29, 0.717) is 13.1 Å². The van der Waals surface area contributed by atoms with Crippen molar-refractivity contribution >= 4 is 11.7 Å². The van der Waals surface area contributed by atoms with E-state index in [1.165, 1.54) is 0 Å². The maximum atomic E-state index is 12.5. The van der Waals surface area contributed by atoms with Crippen LogP contribution in [0.2, 0.25) is 0 Å². The lowest BCUT2D eigenvalue weighted by Gasteiger charge is -2.28. The Morgan fingerprint density at radius 2 is 2.05 bits per heavy atom. The lowest BCUT2D eigenvalue weighted by Crippen LogP contribution is -2.46. The van der Waals surface area contributed by atoms with Crippen LogP contribution in [0.4, 0.5) is 10.5 Å². The van der Waals surface area contributed by atoms with Crippen LogP contribution in [0.5, 0.6) is 0 Å². The standard InChI is InChI=1S/C17H26N2O2/c1-17(2,3)13-18-16(20)19(12-15-10-7-11-21-15)14-8-5-4-6-9-14/h4-6,8-9,15H,7,10-13H2,1-3H3,(H,18,20). The third kappa shape index (κ3) is 5.05. The van der Waals surface area contributed by atoms with E-state index in [4.69, 9.17) is 4.74 Å². The molecule has 0 spiro atoms. The van der Waals surface area contributed by atoms with Crippen molar-refractivity contribution in [2.75, 3.05) is 24.6 Å². The van der Waals surface area contributed by atoms with Gasteiger partial charge in [-0.1, -0.05) is 39.0 Å². The van der Waals surface area contributed by atoms with E-state index in [0.717, 1.165) is 25.1 Å². The van der Waals surface area contributed by atoms with Crippen LogP contribution >= 0.6 is 0 Å². The normalized spacial score (nSPS) is 18.5. The fraction of sp³-hybridized carbons (Fsp3) is 0.588. The van der Waals surface area contributed by atoms with Crippen LogP contribution in [-0.2, 0) is 4.74 Å². The largest absolute Gasteiger partial charge is 0.376 e. The second kappa shape index (κ2) is 6.94. The molecule has 4 nitrogen and oxygen atoms in total. The van der Waals surface area contributed by atoms with Crippen molar-refractivity contribution in [1.29, 1.82) is 0 Å². The summed E-state index contributed by atoms with van der Waals surface area (Å²) in [6.45, 7) is 8.40. The van der Waals surface area contributed by atoms with Crippen molar-refractivity contribution in [1.82, 2.24) is 5.32 Å². The number of anilines is 1. The number of para-hydroxylation sites is 1. The van der Waals surface area contributed by atoms with Gasteiger partial charge in [-0.2, -0.15) is 0 Å². The number of nitrogens with zero attached hydrogens (tertiary/aromatic N) is 1. The molecule has 1 atom stereocenters. The number of rotatable bonds is 4. The molecule has 0 radical (unpaired) electrons. The van der Waals surface area contributed by atoms with Crippen LogP contribution in [0.1, 0.15) is 33.6 Å². The molecule has 1 fully saturated rings. The smallest absolute Gasteiger partial charge is 0.321 e. The lowest BCUT2D eigenvalue weighted by atomic mass is 9.97. The van der Waals surface area contributed by atoms with Gasteiger partial charge in [-0.05, 0) is 30.4 Å². The summed E-state index contributed by atoms with van der Waals surface area (Å²) in [6, 6.07) is 9.74. The summed E-state index contributed by atoms with van der Waals surface area (Å²) < 4.78 is 5.68. The van der Waals surface area contributed by atoms with Crippen molar-refractivity contribution in [3.8, 4) is 0 Å². The third-order valence-corrected chi connectivity index (χ3v) is 3.49. The van der Waals surface area contributed by atoms with Gasteiger partial charge < -0.3 is 10.1 Å². The molecule has 116 valence electrons. The Hall–Kier alpha value is -1.55. The molecule has 21 heavy (non-hydrogen) atoms. The average Bonchev–Trinajstić information content (AvgIpc) is 2.95. The summed E-state index contributed by atoms with van der Waals surface area (Å²) in [5.74, 6) is 0. The molecule has 2 rings (SSSR count). The van der Waals surface area contributed by atoms with Gasteiger partial charge in [0.25, 0.3) is 0 Å². The highest BCUT2D eigenvalue weighted by atomic mass is 16.5. The van der Waals surface area contributed by atoms with E-state index in [9.17, 15) is 4.79 Å². The zero-order valence-electron chi connectivity index (χ0n) is 13.3. The van der Waals surface area contributed by atoms with Gasteiger partial charge in [-0.15, -0.1) is 0 Å². The first-order valence-electron chi connectivity index (χ1n) is 7.68. The lowest BCUT2D eigenvalue weighted by molar-refractivity contribution is 0.116. The van der Waals surface area contributed by atoms with Gasteiger partial charge in [-0.25, -0.2) is 4.79 Å². The van der Waals surface area contributed by atoms with Crippen LogP contribution in [0, 0.1) is 5.41 Å². The van der Waals surface area contributed by atoms with E-state index >= 15 is 0 Å². The van der Waals surface area contributed by atoms with Gasteiger partial charge in [0.05, 0.1) is 12.6 Å². The molecule has 1 saturated heterocycles. The molecule has 4 heteroatoms. The summed E-state index contributed by atoms with van der Waals surface area (Å²) in [5, 5.41) is 3.03. The highest BCUT2D eigenvalue weighted by molar-refractivity contribution is 5.92. The number of ether oxygens (including phenoxy) is 1. The number of nitrogens with one attached hydrogen (secondary N) is 1. The van der Waals surface area contributed by atoms with Crippen molar-refractivity contribution in [3.63, 3.8) is 0 Å². The Morgan fingerprint density at radius 1 is 1.33 bits per heavy atom. The molecule has 1 aliphatic rings. The number of hydrogen-bond donors (Lipinski definition) is 1. The molecule has 0 aliphatic carbocycles. The highest BCUT2D eigenvalue weighted by Crippen LogP contribution is 2.19. The van der Waals surface area contributed by atoms with Crippen molar-refractivity contribution < 1.29 is 9.53 Å². The summed E-state index contributed by atoms with van der Waals surface area (Å²) in [4.78, 5) is 14.3. The predicted molar refractivity (Wildman–Crippen MR) is 85.6 cm³/mol. The van der Waals surface area contributed by atoms with E-state index in [-0.39, 0.29) is 17.6 Å². The van der Waals surface area contributed by atoms with Gasteiger partial charge in [0.15, 0.2) is 0 Å². The third-order valence-electron chi connectivity index (χ3n) is 3.49. The van der Waals surface area contributed by atoms with Crippen molar-refractivity contribution in [3.05, 3.63) is 30.3 Å². The summed E-state index contributed by atoms with van der Waals surface area (Å²) in [6.07, 6.45) is 2.25. The van der Waals surface area contributed by atoms with Gasteiger partial charge in [-0.3, -0.25) is 4.90 Å². The molecular weight excluding hydrogens is 264 g/mol. The van der Waals surface area contributed by atoms with Crippen LogP contribution in [0.15, 0.2) is 30.3 Å². The van der Waals surface area contributed by atoms with E-state index in [1.807, 2.05) is 30.3 Å². The molecule has 2 amide bonds. The second-order valence-corrected chi connectivity index (χ2v) is 6.80. The minimum Gasteiger partial charge on any atom is -0.376 e. The van der Waals surface area contributed by atoms with Gasteiger partial charge in [0.1, 0.15) is 0 Å². The molecular formula is C17H26N2O2. The number of benzene rings is 1. The first-order chi connectivity index (χ1) is 9.96. The molecule has 1 aromatic rings. The fourth-order valence-corrected chi connectivity index (χ4v) is 2.34. The SMILES string of the molecule is CC(C)(C)CNC(=O)N(CC1CCCO1)c1ccccc1. The molecule has 1 heterocycles. The van der Waals surface area contributed by atoms with Crippen molar-refractivity contribution in [2.45, 2.75) is 39.7 Å². The van der Waals surface area contributed by atoms with Gasteiger partial charge in [0, 0.05) is 18.8 Å². The Labute approximate surface area is 127 Å². The van der Waals surface area contributed by atoms with Crippen LogP contribution < -0.4 is 10.2 Å². The van der Waals surface area contributed by atoms with Crippen LogP contribution in [0.3, 0.4) is 0 Å². The van der Waals surface area contributed by atoms with Gasteiger partial charge >= 0.3 is 6.03 Å². The topological polar surface area (TPSA) is 41.6 Å². The number of urea groups is 1. The monoisotopic (exact) mass is 290 g/mol. The Balaban J connectivity index is 2.05. The number of carbonyl (C=O) groups excluding carboxylic acids is 1. The molecule has 1 aromatic carbocycles. The number of carbonyl (C=O) groups is 1. The minimum absolute atomic E-state index is 0.0494. The number of hydrogen-bond acceptors (Lipinski definition) is 2. The molecule has 0 bridgehead atoms. The van der Waals surface area contributed by atoms with E-state index < -0.39 is 0 Å². The first kappa shape index (κ1) is 15.8. The van der Waals surface area contributed by atoms with E-state index in [2.05, 4.69) is 26.1 Å². The minimum atomic E-state index is -0.0494. The summed E-state index contributed by atoms with van der Waals surface area (Å²) in [7, 11) is 0. The van der Waals surface area contributed by atoms with Crippen LogP contribution in [0.25, 0.3) is 0 Å². The summed E-state index contributed by atoms with van der Waals surface area (Å²) in [5.41, 5.74) is 0.987. The van der Waals surface area contributed by atoms with Gasteiger partial charge in [0.2, 0.25) is 0 Å². The maximum absolute atomic E-state index is 12.5. The predicted octanol–water partition coefficient (Wildman–Crippen LogP) is 3.43. The highest BCUT2D eigenvalue weighted by Gasteiger charge is 2.24. The Kier molecular flexibility index (Phi) is 5.23.